The Morgan fingerprint density at radius 1 is 1.00 bits per heavy atom. The van der Waals surface area contributed by atoms with Crippen LogP contribution in [0.2, 0.25) is 0 Å². The highest BCUT2D eigenvalue weighted by Gasteiger charge is 2.23. The highest BCUT2D eigenvalue weighted by molar-refractivity contribution is 7.13. The van der Waals surface area contributed by atoms with Gasteiger partial charge in [-0.3, -0.25) is 9.69 Å². The number of carbonyl (C=O) groups excluding carboxylic acids is 1. The summed E-state index contributed by atoms with van der Waals surface area (Å²) in [7, 11) is 0. The van der Waals surface area contributed by atoms with Gasteiger partial charge in [-0.05, 0) is 38.4 Å². The molecule has 0 atom stereocenters. The summed E-state index contributed by atoms with van der Waals surface area (Å²) in [5, 5.41) is 3.32. The number of nitrogens with zero attached hydrogens (tertiary/aromatic N) is 4. The molecular formula is C22H30N4OS. The van der Waals surface area contributed by atoms with Gasteiger partial charge in [0, 0.05) is 38.1 Å². The van der Waals surface area contributed by atoms with Crippen molar-refractivity contribution in [2.45, 2.75) is 39.2 Å². The molecule has 0 radical (unpaired) electrons. The first-order valence-electron chi connectivity index (χ1n) is 10.4. The van der Waals surface area contributed by atoms with Crippen LogP contribution in [0.4, 0.5) is 5.13 Å². The molecule has 0 N–H and O–H groups in total. The van der Waals surface area contributed by atoms with Crippen LogP contribution in [0.25, 0.3) is 0 Å². The van der Waals surface area contributed by atoms with Crippen LogP contribution in [0.3, 0.4) is 0 Å². The van der Waals surface area contributed by atoms with Gasteiger partial charge in [0.05, 0.1) is 12.1 Å². The van der Waals surface area contributed by atoms with Crippen molar-refractivity contribution in [1.29, 1.82) is 0 Å². The number of anilines is 1. The van der Waals surface area contributed by atoms with E-state index in [2.05, 4.69) is 46.4 Å². The van der Waals surface area contributed by atoms with E-state index in [0.717, 1.165) is 43.4 Å². The highest BCUT2D eigenvalue weighted by Crippen LogP contribution is 2.23. The Hall–Kier alpha value is -1.92. The van der Waals surface area contributed by atoms with E-state index >= 15 is 0 Å². The SMILES string of the molecule is Cc1ccc(CC(=O)N2CCN(c3nc(CN4CCCCC4)cs3)CC2)cc1. The van der Waals surface area contributed by atoms with Crippen LogP contribution < -0.4 is 4.90 Å². The Morgan fingerprint density at radius 3 is 2.43 bits per heavy atom. The van der Waals surface area contributed by atoms with Crippen molar-refractivity contribution in [2.75, 3.05) is 44.2 Å². The fourth-order valence-electron chi connectivity index (χ4n) is 4.00. The normalized spacial score (nSPS) is 18.5. The van der Waals surface area contributed by atoms with Gasteiger partial charge in [-0.2, -0.15) is 0 Å². The Labute approximate surface area is 172 Å². The lowest BCUT2D eigenvalue weighted by molar-refractivity contribution is -0.130. The summed E-state index contributed by atoms with van der Waals surface area (Å²) in [5.74, 6) is 0.230. The minimum atomic E-state index is 0.230. The predicted octanol–water partition coefficient (Wildman–Crippen LogP) is 3.33. The fourth-order valence-corrected chi connectivity index (χ4v) is 4.87. The van der Waals surface area contributed by atoms with Crippen LogP contribution in [0.15, 0.2) is 29.6 Å². The van der Waals surface area contributed by atoms with E-state index in [0.29, 0.717) is 6.42 Å². The van der Waals surface area contributed by atoms with Crippen LogP contribution in [-0.2, 0) is 17.8 Å². The second kappa shape index (κ2) is 9.05. The molecule has 1 amide bonds. The van der Waals surface area contributed by atoms with E-state index < -0.39 is 0 Å². The molecule has 1 aromatic heterocycles. The maximum atomic E-state index is 12.6. The zero-order valence-corrected chi connectivity index (χ0v) is 17.6. The van der Waals surface area contributed by atoms with E-state index in [1.807, 2.05) is 4.90 Å². The number of likely N-dealkylation sites (tertiary alicyclic amines) is 1. The average Bonchev–Trinajstić information content (AvgIpc) is 3.19. The van der Waals surface area contributed by atoms with Crippen molar-refractivity contribution < 1.29 is 4.79 Å². The van der Waals surface area contributed by atoms with Crippen LogP contribution in [0, 0.1) is 6.92 Å². The van der Waals surface area contributed by atoms with Gasteiger partial charge in [0.15, 0.2) is 5.13 Å². The minimum absolute atomic E-state index is 0.230. The number of aromatic nitrogens is 1. The van der Waals surface area contributed by atoms with Crippen molar-refractivity contribution in [3.05, 3.63) is 46.5 Å². The molecule has 0 saturated carbocycles. The molecule has 0 aliphatic carbocycles. The van der Waals surface area contributed by atoms with Gasteiger partial charge in [-0.25, -0.2) is 4.98 Å². The number of piperazine rings is 1. The second-order valence-corrected chi connectivity index (χ2v) is 8.82. The van der Waals surface area contributed by atoms with Gasteiger partial charge in [0.1, 0.15) is 0 Å². The summed E-state index contributed by atoms with van der Waals surface area (Å²) in [6.45, 7) is 8.76. The quantitative estimate of drug-likeness (QED) is 0.775. The predicted molar refractivity (Wildman–Crippen MR) is 115 cm³/mol. The number of amides is 1. The van der Waals surface area contributed by atoms with E-state index in [-0.39, 0.29) is 5.91 Å². The molecular weight excluding hydrogens is 368 g/mol. The summed E-state index contributed by atoms with van der Waals surface area (Å²) in [6.07, 6.45) is 4.49. The van der Waals surface area contributed by atoms with Crippen molar-refractivity contribution in [2.24, 2.45) is 0 Å². The third-order valence-electron chi connectivity index (χ3n) is 5.75. The molecule has 2 aliphatic heterocycles. The van der Waals surface area contributed by atoms with E-state index in [1.54, 1.807) is 11.3 Å². The topological polar surface area (TPSA) is 39.7 Å². The maximum Gasteiger partial charge on any atom is 0.227 e. The average molecular weight is 399 g/mol. The van der Waals surface area contributed by atoms with Crippen molar-refractivity contribution in [3.8, 4) is 0 Å². The van der Waals surface area contributed by atoms with Crippen LogP contribution in [0.5, 0.6) is 0 Å². The van der Waals surface area contributed by atoms with Gasteiger partial charge in [-0.15, -0.1) is 11.3 Å². The molecule has 1 aromatic carbocycles. The molecule has 6 heteroatoms. The van der Waals surface area contributed by atoms with E-state index in [1.165, 1.54) is 43.6 Å². The van der Waals surface area contributed by atoms with Gasteiger partial charge >= 0.3 is 0 Å². The molecule has 2 aromatic rings. The third kappa shape index (κ3) is 4.92. The Bertz CT molecular complexity index is 774. The van der Waals surface area contributed by atoms with Gasteiger partial charge in [0.2, 0.25) is 5.91 Å². The van der Waals surface area contributed by atoms with E-state index in [9.17, 15) is 4.79 Å². The summed E-state index contributed by atoms with van der Waals surface area (Å²) in [4.78, 5) is 24.3. The molecule has 2 saturated heterocycles. The number of hydrogen-bond donors (Lipinski definition) is 0. The number of benzene rings is 1. The van der Waals surface area contributed by atoms with Gasteiger partial charge < -0.3 is 9.80 Å². The Balaban J connectivity index is 1.26. The molecule has 5 nitrogen and oxygen atoms in total. The number of carbonyl (C=O) groups is 1. The summed E-state index contributed by atoms with van der Waals surface area (Å²) in [5.41, 5.74) is 3.52. The van der Waals surface area contributed by atoms with Crippen LogP contribution >= 0.6 is 11.3 Å². The molecule has 0 spiro atoms. The van der Waals surface area contributed by atoms with Gasteiger partial charge in [-0.1, -0.05) is 36.2 Å². The monoisotopic (exact) mass is 398 g/mol. The summed E-state index contributed by atoms with van der Waals surface area (Å²) >= 11 is 1.74. The number of piperidine rings is 1. The van der Waals surface area contributed by atoms with Gasteiger partial charge in [0.25, 0.3) is 0 Å². The minimum Gasteiger partial charge on any atom is -0.345 e. The molecule has 0 bridgehead atoms. The fraction of sp³-hybridized carbons (Fsp3) is 0.545. The van der Waals surface area contributed by atoms with Crippen LogP contribution in [0.1, 0.15) is 36.1 Å². The smallest absolute Gasteiger partial charge is 0.227 e. The first-order chi connectivity index (χ1) is 13.7. The summed E-state index contributed by atoms with van der Waals surface area (Å²) in [6, 6.07) is 8.26. The number of hydrogen-bond acceptors (Lipinski definition) is 5. The lowest BCUT2D eigenvalue weighted by Crippen LogP contribution is -2.49. The molecule has 2 aliphatic rings. The zero-order valence-electron chi connectivity index (χ0n) is 16.8. The molecule has 3 heterocycles. The lowest BCUT2D eigenvalue weighted by Gasteiger charge is -2.34. The molecule has 0 unspecified atom stereocenters. The Kier molecular flexibility index (Phi) is 6.27. The number of thiazole rings is 1. The number of aryl methyl sites for hydroxylation is 1. The molecule has 4 rings (SSSR count). The van der Waals surface area contributed by atoms with E-state index in [4.69, 9.17) is 4.98 Å². The second-order valence-electron chi connectivity index (χ2n) is 7.99. The zero-order chi connectivity index (χ0) is 19.3. The molecule has 150 valence electrons. The largest absolute Gasteiger partial charge is 0.345 e. The van der Waals surface area contributed by atoms with Crippen molar-refractivity contribution in [3.63, 3.8) is 0 Å². The lowest BCUT2D eigenvalue weighted by atomic mass is 10.1. The Morgan fingerprint density at radius 2 is 1.71 bits per heavy atom. The number of rotatable bonds is 5. The standard InChI is InChI=1S/C22H30N4OS/c1-18-5-7-19(8-6-18)15-21(27)25-11-13-26(14-12-25)22-23-20(17-28-22)16-24-9-3-2-4-10-24/h5-8,17H,2-4,9-16H2,1H3. The van der Waals surface area contributed by atoms with Crippen LogP contribution in [-0.4, -0.2) is 60.0 Å². The summed E-state index contributed by atoms with van der Waals surface area (Å²) < 4.78 is 0. The third-order valence-corrected chi connectivity index (χ3v) is 6.70. The molecule has 2 fully saturated rings. The first kappa shape index (κ1) is 19.4. The molecule has 28 heavy (non-hydrogen) atoms. The van der Waals surface area contributed by atoms with Crippen molar-refractivity contribution in [1.82, 2.24) is 14.8 Å². The first-order valence-corrected chi connectivity index (χ1v) is 11.3. The van der Waals surface area contributed by atoms with Crippen molar-refractivity contribution >= 4 is 22.4 Å². The highest BCUT2D eigenvalue weighted by atomic mass is 32.1. The maximum absolute atomic E-state index is 12.6.